The van der Waals surface area contributed by atoms with Crippen LogP contribution in [0.3, 0.4) is 0 Å². The minimum absolute atomic E-state index is 0.0310. The van der Waals surface area contributed by atoms with E-state index in [1.54, 1.807) is 0 Å². The lowest BCUT2D eigenvalue weighted by Gasteiger charge is -2.15. The van der Waals surface area contributed by atoms with Gasteiger partial charge >= 0.3 is 0 Å². The van der Waals surface area contributed by atoms with E-state index in [1.165, 1.54) is 23.6 Å². The summed E-state index contributed by atoms with van der Waals surface area (Å²) in [6.45, 7) is 4.47. The van der Waals surface area contributed by atoms with Crippen molar-refractivity contribution in [2.45, 2.75) is 39.7 Å². The van der Waals surface area contributed by atoms with Crippen molar-refractivity contribution in [3.05, 3.63) is 83.4 Å². The van der Waals surface area contributed by atoms with Gasteiger partial charge in [-0.15, -0.1) is 0 Å². The van der Waals surface area contributed by atoms with Crippen LogP contribution in [0.15, 0.2) is 66.7 Å². The Morgan fingerprint density at radius 1 is 0.912 bits per heavy atom. The molecule has 0 atom stereocenters. The van der Waals surface area contributed by atoms with E-state index >= 15 is 0 Å². The van der Waals surface area contributed by atoms with E-state index in [0.29, 0.717) is 24.7 Å². The van der Waals surface area contributed by atoms with Crippen LogP contribution in [0.2, 0.25) is 0 Å². The highest BCUT2D eigenvalue weighted by molar-refractivity contribution is 5.75. The lowest BCUT2D eigenvalue weighted by atomic mass is 9.97. The molecule has 0 heterocycles. The topological polar surface area (TPSA) is 90.7 Å². The molecule has 34 heavy (non-hydrogen) atoms. The number of unbranched alkanes of at least 4 members (excludes halogenated alkanes) is 1. The summed E-state index contributed by atoms with van der Waals surface area (Å²) in [6.07, 6.45) is 2.48. The van der Waals surface area contributed by atoms with E-state index < -0.39 is 5.91 Å². The minimum atomic E-state index is -0.531. The third kappa shape index (κ3) is 7.37. The molecule has 3 rings (SSSR count). The first-order valence-electron chi connectivity index (χ1n) is 11.5. The largest absolute Gasteiger partial charge is 0.489 e. The Morgan fingerprint density at radius 2 is 1.71 bits per heavy atom. The van der Waals surface area contributed by atoms with Crippen molar-refractivity contribution in [1.82, 2.24) is 5.32 Å². The van der Waals surface area contributed by atoms with Crippen molar-refractivity contribution in [2.24, 2.45) is 5.73 Å². The van der Waals surface area contributed by atoms with E-state index in [2.05, 4.69) is 36.5 Å². The van der Waals surface area contributed by atoms with Crippen LogP contribution in [0, 0.1) is 6.92 Å². The number of carbonyl (C=O) groups excluding carboxylic acids is 2. The fourth-order valence-corrected chi connectivity index (χ4v) is 3.75. The van der Waals surface area contributed by atoms with Gasteiger partial charge in [-0.2, -0.15) is 0 Å². The molecule has 0 aliphatic heterocycles. The van der Waals surface area contributed by atoms with Crippen LogP contribution in [-0.2, 0) is 22.6 Å². The van der Waals surface area contributed by atoms with Gasteiger partial charge in [0.25, 0.3) is 5.91 Å². The molecule has 6 nitrogen and oxygen atoms in total. The van der Waals surface area contributed by atoms with E-state index in [0.717, 1.165) is 30.4 Å². The summed E-state index contributed by atoms with van der Waals surface area (Å²) in [5.74, 6) is 0.685. The average molecular weight is 461 g/mol. The molecule has 0 bridgehead atoms. The van der Waals surface area contributed by atoms with Crippen LogP contribution in [0.4, 0.5) is 0 Å². The second-order valence-corrected chi connectivity index (χ2v) is 8.21. The Hall–Kier alpha value is -3.80. The van der Waals surface area contributed by atoms with Crippen molar-refractivity contribution < 1.29 is 19.1 Å². The molecule has 0 spiro atoms. The molecule has 0 radical (unpaired) electrons. The Morgan fingerprint density at radius 3 is 2.44 bits per heavy atom. The SMILES string of the molecule is CC(=O)NCCCCc1ccc(OCc2cccc(-c3ccccc3)c2C)cc1OCC(N)=O. The molecule has 3 aromatic rings. The summed E-state index contributed by atoms with van der Waals surface area (Å²) in [4.78, 5) is 22.3. The highest BCUT2D eigenvalue weighted by atomic mass is 16.5. The van der Waals surface area contributed by atoms with Crippen LogP contribution in [-0.4, -0.2) is 25.0 Å². The predicted molar refractivity (Wildman–Crippen MR) is 134 cm³/mol. The number of ether oxygens (including phenoxy) is 2. The highest BCUT2D eigenvalue weighted by Gasteiger charge is 2.10. The van der Waals surface area contributed by atoms with Gasteiger partial charge in [0.05, 0.1) is 0 Å². The van der Waals surface area contributed by atoms with Crippen LogP contribution in [0.1, 0.15) is 36.5 Å². The van der Waals surface area contributed by atoms with Crippen molar-refractivity contribution >= 4 is 11.8 Å². The zero-order chi connectivity index (χ0) is 24.3. The second kappa shape index (κ2) is 12.4. The molecule has 178 valence electrons. The maximum atomic E-state index is 11.3. The lowest BCUT2D eigenvalue weighted by molar-refractivity contribution is -0.120. The summed E-state index contributed by atoms with van der Waals surface area (Å²) < 4.78 is 11.8. The summed E-state index contributed by atoms with van der Waals surface area (Å²) in [7, 11) is 0. The Kier molecular flexibility index (Phi) is 9.09. The van der Waals surface area contributed by atoms with Gasteiger partial charge in [0.1, 0.15) is 18.1 Å². The first-order chi connectivity index (χ1) is 16.4. The van der Waals surface area contributed by atoms with Crippen molar-refractivity contribution in [3.63, 3.8) is 0 Å². The average Bonchev–Trinajstić information content (AvgIpc) is 2.83. The highest BCUT2D eigenvalue weighted by Crippen LogP contribution is 2.29. The third-order valence-corrected chi connectivity index (χ3v) is 5.58. The molecule has 0 saturated heterocycles. The third-order valence-electron chi connectivity index (χ3n) is 5.58. The Bertz CT molecular complexity index is 1110. The number of nitrogens with two attached hydrogens (primary N) is 1. The molecular weight excluding hydrogens is 428 g/mol. The van der Waals surface area contributed by atoms with Gasteiger partial charge in [0.2, 0.25) is 5.91 Å². The maximum Gasteiger partial charge on any atom is 0.255 e. The van der Waals surface area contributed by atoms with Crippen LogP contribution < -0.4 is 20.5 Å². The fourth-order valence-electron chi connectivity index (χ4n) is 3.75. The first kappa shape index (κ1) is 24.8. The van der Waals surface area contributed by atoms with E-state index in [-0.39, 0.29) is 12.5 Å². The number of hydrogen-bond donors (Lipinski definition) is 2. The van der Waals surface area contributed by atoms with E-state index in [1.807, 2.05) is 42.5 Å². The number of aryl methyl sites for hydroxylation is 1. The Balaban J connectivity index is 1.69. The number of hydrogen-bond acceptors (Lipinski definition) is 4. The van der Waals surface area contributed by atoms with E-state index in [4.69, 9.17) is 15.2 Å². The molecule has 0 fully saturated rings. The van der Waals surface area contributed by atoms with Gasteiger partial charge in [0.15, 0.2) is 6.61 Å². The van der Waals surface area contributed by atoms with Crippen LogP contribution >= 0.6 is 0 Å². The van der Waals surface area contributed by atoms with Crippen molar-refractivity contribution in [1.29, 1.82) is 0 Å². The fraction of sp³-hybridized carbons (Fsp3) is 0.286. The van der Waals surface area contributed by atoms with Crippen molar-refractivity contribution in [3.8, 4) is 22.6 Å². The number of amides is 2. The predicted octanol–water partition coefficient (Wildman–Crippen LogP) is 4.56. The van der Waals surface area contributed by atoms with Gasteiger partial charge in [-0.25, -0.2) is 0 Å². The molecule has 2 amide bonds. The second-order valence-electron chi connectivity index (χ2n) is 8.21. The zero-order valence-corrected chi connectivity index (χ0v) is 19.8. The standard InChI is InChI=1S/C28H32N2O4/c1-20-24(12-8-13-26(20)22-9-4-3-5-10-22)18-33-25-15-14-23(11-6-7-16-30-21(2)31)27(17-25)34-19-28(29)32/h3-5,8-10,12-15,17H,6-7,11,16,18-19H2,1-2H3,(H2,29,32)(H,30,31). The van der Waals surface area contributed by atoms with Gasteiger partial charge in [-0.05, 0) is 60.1 Å². The molecule has 0 aliphatic carbocycles. The maximum absolute atomic E-state index is 11.3. The van der Waals surface area contributed by atoms with Gasteiger partial charge < -0.3 is 20.5 Å². The first-order valence-corrected chi connectivity index (χ1v) is 11.5. The number of carbonyl (C=O) groups is 2. The monoisotopic (exact) mass is 460 g/mol. The molecule has 3 aromatic carbocycles. The molecular formula is C28H32N2O4. The quantitative estimate of drug-likeness (QED) is 0.388. The lowest BCUT2D eigenvalue weighted by Crippen LogP contribution is -2.21. The van der Waals surface area contributed by atoms with Crippen molar-refractivity contribution in [2.75, 3.05) is 13.2 Å². The zero-order valence-electron chi connectivity index (χ0n) is 19.8. The minimum Gasteiger partial charge on any atom is -0.489 e. The summed E-state index contributed by atoms with van der Waals surface area (Å²) in [5.41, 5.74) is 10.9. The smallest absolute Gasteiger partial charge is 0.255 e. The summed E-state index contributed by atoms with van der Waals surface area (Å²) in [5, 5.41) is 2.80. The Labute approximate surface area is 201 Å². The van der Waals surface area contributed by atoms with Gasteiger partial charge in [0, 0.05) is 19.5 Å². The molecule has 6 heteroatoms. The number of benzene rings is 3. The molecule has 0 saturated carbocycles. The van der Waals surface area contributed by atoms with Gasteiger partial charge in [-0.1, -0.05) is 54.6 Å². The van der Waals surface area contributed by atoms with Crippen LogP contribution in [0.25, 0.3) is 11.1 Å². The summed E-state index contributed by atoms with van der Waals surface area (Å²) >= 11 is 0. The summed E-state index contributed by atoms with van der Waals surface area (Å²) in [6, 6.07) is 22.2. The molecule has 3 N–H and O–H groups in total. The number of primary amides is 1. The number of nitrogens with one attached hydrogen (secondary N) is 1. The van der Waals surface area contributed by atoms with Gasteiger partial charge in [-0.3, -0.25) is 9.59 Å². The number of rotatable bonds is 12. The molecule has 0 aliphatic rings. The molecule has 0 unspecified atom stereocenters. The molecule has 0 aromatic heterocycles. The van der Waals surface area contributed by atoms with Crippen LogP contribution in [0.5, 0.6) is 11.5 Å². The normalized spacial score (nSPS) is 10.5. The van der Waals surface area contributed by atoms with E-state index in [9.17, 15) is 9.59 Å².